The molecule has 1 aliphatic heterocycles. The van der Waals surface area contributed by atoms with E-state index >= 15 is 0 Å². The van der Waals surface area contributed by atoms with Crippen molar-refractivity contribution in [3.63, 3.8) is 0 Å². The molecule has 0 aliphatic carbocycles. The zero-order valence-electron chi connectivity index (χ0n) is 25.2. The van der Waals surface area contributed by atoms with Gasteiger partial charge < -0.3 is 15.2 Å². The lowest BCUT2D eigenvalue weighted by atomic mass is 10.0. The fourth-order valence-electron chi connectivity index (χ4n) is 6.06. The van der Waals surface area contributed by atoms with Crippen LogP contribution in [0.1, 0.15) is 10.5 Å². The largest absolute Gasteiger partial charge is 0.372 e. The van der Waals surface area contributed by atoms with Crippen LogP contribution in [0.2, 0.25) is 0 Å². The molecule has 262 valence electrons. The molecule has 0 radical (unpaired) electrons. The molecular formula is C28H23N4O14S4+. The molecule has 1 aromatic heterocycles. The Bertz CT molecular complexity index is 2830. The van der Waals surface area contributed by atoms with Gasteiger partial charge in [-0.05, 0) is 53.9 Å². The van der Waals surface area contributed by atoms with Crippen LogP contribution in [0.4, 0.5) is 27.5 Å². The summed E-state index contributed by atoms with van der Waals surface area (Å²) in [7, 11) is -18.4. The van der Waals surface area contributed by atoms with E-state index in [2.05, 4.69) is 10.6 Å². The minimum atomic E-state index is -5.50. The first kappa shape index (κ1) is 35.1. The first-order valence-electron chi connectivity index (χ1n) is 13.7. The van der Waals surface area contributed by atoms with Gasteiger partial charge in [0.05, 0.1) is 28.2 Å². The molecule has 5 aromatic rings. The second-order valence-electron chi connectivity index (χ2n) is 11.3. The third-order valence-corrected chi connectivity index (χ3v) is 11.7. The molecule has 0 saturated heterocycles. The molecule has 4 aromatic carbocycles. The van der Waals surface area contributed by atoms with Crippen molar-refractivity contribution in [3.8, 4) is 0 Å². The van der Waals surface area contributed by atoms with Crippen molar-refractivity contribution in [3.05, 3.63) is 72.6 Å². The molecule has 6 rings (SSSR count). The summed E-state index contributed by atoms with van der Waals surface area (Å²) in [5.74, 6) is -0.966. The Morgan fingerprint density at radius 1 is 0.700 bits per heavy atom. The van der Waals surface area contributed by atoms with Gasteiger partial charge in [0.2, 0.25) is 0 Å². The van der Waals surface area contributed by atoms with E-state index < -0.39 is 115 Å². The molecule has 0 spiro atoms. The minimum Gasteiger partial charge on any atom is -0.343 e. The second kappa shape index (κ2) is 11.1. The fourth-order valence-corrected chi connectivity index (χ4v) is 8.85. The molecule has 6 N–H and O–H groups in total. The van der Waals surface area contributed by atoms with Crippen LogP contribution in [-0.2, 0) is 47.5 Å². The molecule has 22 heteroatoms. The number of hydrogen-bond acceptors (Lipinski definition) is 10. The number of nitrogens with one attached hydrogen (secondary N) is 2. The Labute approximate surface area is 283 Å². The third-order valence-electron chi connectivity index (χ3n) is 8.21. The van der Waals surface area contributed by atoms with Crippen LogP contribution in [0.3, 0.4) is 0 Å². The van der Waals surface area contributed by atoms with E-state index in [1.54, 1.807) is 0 Å². The van der Waals surface area contributed by atoms with E-state index in [0.29, 0.717) is 12.1 Å². The number of anilines is 2. The van der Waals surface area contributed by atoms with Gasteiger partial charge >= 0.3 is 22.1 Å². The number of rotatable bonds is 5. The predicted octanol–water partition coefficient (Wildman–Crippen LogP) is 3.38. The van der Waals surface area contributed by atoms with E-state index in [-0.39, 0.29) is 11.1 Å². The van der Waals surface area contributed by atoms with Crippen LogP contribution in [0.15, 0.2) is 86.4 Å². The summed E-state index contributed by atoms with van der Waals surface area (Å²) in [5.41, 5.74) is -2.45. The van der Waals surface area contributed by atoms with Crippen LogP contribution >= 0.6 is 0 Å². The average Bonchev–Trinajstić information content (AvgIpc) is 3.42. The van der Waals surface area contributed by atoms with Gasteiger partial charge in [0.25, 0.3) is 30.4 Å². The smallest absolute Gasteiger partial charge is 0.343 e. The summed E-state index contributed by atoms with van der Waals surface area (Å²) in [5, 5.41) is 2.38. The van der Waals surface area contributed by atoms with E-state index in [0.717, 1.165) is 43.4 Å². The van der Waals surface area contributed by atoms with E-state index in [1.165, 1.54) is 29.9 Å². The van der Waals surface area contributed by atoms with Crippen molar-refractivity contribution < 1.29 is 61.5 Å². The number of carbonyl (C=O) groups is 2. The molecule has 1 aliphatic rings. The highest BCUT2D eigenvalue weighted by Crippen LogP contribution is 2.49. The van der Waals surface area contributed by atoms with Crippen molar-refractivity contribution in [2.75, 3.05) is 17.7 Å². The van der Waals surface area contributed by atoms with Crippen molar-refractivity contribution in [2.45, 2.75) is 19.6 Å². The zero-order valence-corrected chi connectivity index (χ0v) is 28.5. The first-order chi connectivity index (χ1) is 22.9. The number of benzene rings is 4. The Morgan fingerprint density at radius 3 is 1.78 bits per heavy atom. The van der Waals surface area contributed by atoms with Crippen LogP contribution < -0.4 is 15.1 Å². The number of aromatic nitrogens is 1. The third kappa shape index (κ3) is 5.61. The summed E-state index contributed by atoms with van der Waals surface area (Å²) < 4.78 is 142. The van der Waals surface area contributed by atoms with Gasteiger partial charge in [0, 0.05) is 41.5 Å². The number of aryl methyl sites for hydroxylation is 1. The normalized spacial score (nSPS) is 17.0. The lowest BCUT2D eigenvalue weighted by Gasteiger charge is -2.34. The quantitative estimate of drug-likeness (QED) is 0.110. The van der Waals surface area contributed by atoms with Crippen molar-refractivity contribution in [1.82, 2.24) is 9.05 Å². The Morgan fingerprint density at radius 2 is 1.26 bits per heavy atom. The van der Waals surface area contributed by atoms with Gasteiger partial charge in [-0.2, -0.15) is 38.2 Å². The van der Waals surface area contributed by atoms with Crippen LogP contribution in [-0.4, -0.2) is 75.4 Å². The van der Waals surface area contributed by atoms with Gasteiger partial charge in [-0.3, -0.25) is 18.2 Å². The SMILES string of the molecule is Cn1cccc1C(=O)[N+]1(C)c2ccc3cc(S(=O)(=O)O)cc(c3c2S(=O)(=O)O)NC(=O)Nc2cc(S(=O)(=O)O)cc3c1ccc(S(=O)(=O)O)c23. The maximum absolute atomic E-state index is 14.8. The first-order valence-corrected chi connectivity index (χ1v) is 19.4. The number of urea groups is 1. The summed E-state index contributed by atoms with van der Waals surface area (Å²) in [6, 6.07) is 8.12. The van der Waals surface area contributed by atoms with Crippen LogP contribution in [0.25, 0.3) is 21.5 Å². The number of carbonyl (C=O) groups excluding carboxylic acids is 2. The number of hydrogen-bond donors (Lipinski definition) is 6. The number of fused-ring (bicyclic) bond motifs is 1. The van der Waals surface area contributed by atoms with Gasteiger partial charge in [0.15, 0.2) is 16.3 Å². The molecule has 3 amide bonds. The maximum atomic E-state index is 14.8. The highest BCUT2D eigenvalue weighted by Gasteiger charge is 2.46. The molecule has 18 nitrogen and oxygen atoms in total. The van der Waals surface area contributed by atoms with Crippen LogP contribution in [0, 0.1) is 0 Å². The zero-order chi connectivity index (χ0) is 36.9. The average molecular weight is 768 g/mol. The highest BCUT2D eigenvalue weighted by atomic mass is 32.2. The Hall–Kier alpha value is -4.78. The summed E-state index contributed by atoms with van der Waals surface area (Å²) in [6.07, 6.45) is 1.46. The Kier molecular flexibility index (Phi) is 7.79. The molecule has 0 saturated carbocycles. The lowest BCUT2D eigenvalue weighted by Crippen LogP contribution is -2.47. The van der Waals surface area contributed by atoms with Crippen molar-refractivity contribution in [1.29, 1.82) is 0 Å². The monoisotopic (exact) mass is 767 g/mol. The number of nitrogens with zero attached hydrogens (tertiary/aromatic N) is 2. The van der Waals surface area contributed by atoms with Gasteiger partial charge in [-0.15, -0.1) is 0 Å². The lowest BCUT2D eigenvalue weighted by molar-refractivity contribution is 0.0850. The molecule has 6 bridgehead atoms. The fraction of sp³-hybridized carbons (Fsp3) is 0.0714. The summed E-state index contributed by atoms with van der Waals surface area (Å²) in [4.78, 5) is 24.5. The van der Waals surface area contributed by atoms with Crippen molar-refractivity contribution in [2.24, 2.45) is 7.05 Å². The van der Waals surface area contributed by atoms with Crippen molar-refractivity contribution >= 4 is 96.7 Å². The van der Waals surface area contributed by atoms with Gasteiger partial charge in [-0.1, -0.05) is 0 Å². The standard InChI is InChI=1S/C28H22N4O14S4/c1-31-9-3-4-20(31)27(33)32(2)21-7-8-23(49(41,42)43)25-17(21)11-16(48(38,39)40)13-19(25)30-28(34)29-18-12-15(47(35,36)37)10-14-5-6-22(32)26(24(14)18)50(44,45)46/h3-13H,1-2H3,(H5-,29,30,34,35,36,37,38,39,40,41,42,43,44,45,46)/p+1. The molecule has 2 heterocycles. The van der Waals surface area contributed by atoms with E-state index in [9.17, 15) is 61.5 Å². The number of amides is 3. The maximum Gasteiger partial charge on any atom is 0.372 e. The Balaban J connectivity index is 1.97. The van der Waals surface area contributed by atoms with Gasteiger partial charge in [-0.25, -0.2) is 9.59 Å². The minimum absolute atomic E-state index is 0.104. The predicted molar refractivity (Wildman–Crippen MR) is 177 cm³/mol. The number of quaternary nitrogens is 1. The topological polar surface area (TPSA) is 281 Å². The molecule has 0 fully saturated rings. The molecule has 1 unspecified atom stereocenters. The van der Waals surface area contributed by atoms with Gasteiger partial charge in [0.1, 0.15) is 10.6 Å². The summed E-state index contributed by atoms with van der Waals surface area (Å²) in [6.45, 7) is 0. The molecular weight excluding hydrogens is 745 g/mol. The van der Waals surface area contributed by atoms with E-state index in [1.807, 2.05) is 0 Å². The van der Waals surface area contributed by atoms with Crippen LogP contribution in [0.5, 0.6) is 0 Å². The highest BCUT2D eigenvalue weighted by molar-refractivity contribution is 7.87. The van der Waals surface area contributed by atoms with E-state index in [4.69, 9.17) is 0 Å². The molecule has 1 atom stereocenters. The second-order valence-corrected chi connectivity index (χ2v) is 16.8. The molecule has 50 heavy (non-hydrogen) atoms. The summed E-state index contributed by atoms with van der Waals surface area (Å²) >= 11 is 0.